The van der Waals surface area contributed by atoms with Crippen molar-refractivity contribution in [2.75, 3.05) is 25.1 Å². The van der Waals surface area contributed by atoms with Crippen LogP contribution in [0.3, 0.4) is 0 Å². The molecule has 1 aliphatic rings. The summed E-state index contributed by atoms with van der Waals surface area (Å²) in [5.74, 6) is 0.801. The first-order valence-corrected chi connectivity index (χ1v) is 9.50. The Morgan fingerprint density at radius 2 is 1.78 bits per heavy atom. The molecule has 0 spiro atoms. The molecule has 0 atom stereocenters. The number of piperidine rings is 1. The lowest BCUT2D eigenvalue weighted by atomic mass is 9.98. The number of ether oxygens (including phenoxy) is 1. The van der Waals surface area contributed by atoms with E-state index in [1.165, 1.54) is 6.42 Å². The van der Waals surface area contributed by atoms with Gasteiger partial charge in [-0.2, -0.15) is 0 Å². The van der Waals surface area contributed by atoms with E-state index in [2.05, 4.69) is 9.88 Å². The molecule has 0 N–H and O–H groups in total. The summed E-state index contributed by atoms with van der Waals surface area (Å²) in [4.78, 5) is 20.2. The summed E-state index contributed by atoms with van der Waals surface area (Å²) < 4.78 is 5.43. The van der Waals surface area contributed by atoms with E-state index in [1.54, 1.807) is 13.3 Å². The summed E-state index contributed by atoms with van der Waals surface area (Å²) in [5, 5.41) is 0.981. The van der Waals surface area contributed by atoms with Gasteiger partial charge in [-0.15, -0.1) is 0 Å². The minimum absolute atomic E-state index is 0.0211. The van der Waals surface area contributed by atoms with Gasteiger partial charge >= 0.3 is 0 Å². The van der Waals surface area contributed by atoms with E-state index in [4.69, 9.17) is 4.74 Å². The number of hydrogen-bond donors (Lipinski definition) is 0. The van der Waals surface area contributed by atoms with Crippen LogP contribution in [0.4, 0.5) is 5.69 Å². The number of hydrogen-bond acceptors (Lipinski definition) is 4. The van der Waals surface area contributed by atoms with Crippen molar-refractivity contribution in [3.63, 3.8) is 0 Å². The van der Waals surface area contributed by atoms with Crippen molar-refractivity contribution in [3.8, 4) is 5.75 Å². The molecule has 4 rings (SSSR count). The quantitative estimate of drug-likeness (QED) is 0.628. The molecule has 1 fully saturated rings. The molecule has 1 aliphatic heterocycles. The number of pyridine rings is 1. The van der Waals surface area contributed by atoms with Gasteiger partial charge in [-0.1, -0.05) is 29.8 Å². The minimum atomic E-state index is 0.0211. The Bertz CT molecular complexity index is 974. The second kappa shape index (κ2) is 7.39. The van der Waals surface area contributed by atoms with Crippen molar-refractivity contribution in [1.29, 1.82) is 0 Å². The first kappa shape index (κ1) is 17.5. The molecule has 2 aromatic carbocycles. The smallest absolute Gasteiger partial charge is 0.196 e. The van der Waals surface area contributed by atoms with E-state index < -0.39 is 0 Å². The molecule has 1 saturated heterocycles. The predicted octanol–water partition coefficient (Wildman–Crippen LogP) is 4.77. The van der Waals surface area contributed by atoms with Crippen molar-refractivity contribution >= 4 is 22.4 Å². The topological polar surface area (TPSA) is 42.4 Å². The second-order valence-corrected chi connectivity index (χ2v) is 7.15. The summed E-state index contributed by atoms with van der Waals surface area (Å²) in [7, 11) is 1.66. The molecule has 2 heterocycles. The normalized spacial score (nSPS) is 14.4. The van der Waals surface area contributed by atoms with Crippen LogP contribution in [-0.4, -0.2) is 31.0 Å². The molecule has 1 aromatic heterocycles. The van der Waals surface area contributed by atoms with Gasteiger partial charge in [0.05, 0.1) is 23.9 Å². The highest BCUT2D eigenvalue weighted by atomic mass is 16.5. The van der Waals surface area contributed by atoms with E-state index in [9.17, 15) is 4.79 Å². The summed E-state index contributed by atoms with van der Waals surface area (Å²) in [6.45, 7) is 3.95. The zero-order valence-corrected chi connectivity index (χ0v) is 15.9. The predicted molar refractivity (Wildman–Crippen MR) is 109 cm³/mol. The molecule has 0 saturated carbocycles. The van der Waals surface area contributed by atoms with Gasteiger partial charge in [-0.25, -0.2) is 0 Å². The molecule has 138 valence electrons. The molecular formula is C23H24N2O2. The Morgan fingerprint density at radius 3 is 2.48 bits per heavy atom. The van der Waals surface area contributed by atoms with Gasteiger partial charge in [0, 0.05) is 30.2 Å². The van der Waals surface area contributed by atoms with E-state index in [0.29, 0.717) is 11.1 Å². The number of aromatic nitrogens is 1. The monoisotopic (exact) mass is 360 g/mol. The number of anilines is 1. The number of benzene rings is 2. The molecule has 4 heteroatoms. The molecule has 0 amide bonds. The largest absolute Gasteiger partial charge is 0.497 e. The number of rotatable bonds is 4. The Balaban J connectivity index is 1.90. The van der Waals surface area contributed by atoms with Crippen molar-refractivity contribution in [1.82, 2.24) is 4.98 Å². The lowest BCUT2D eigenvalue weighted by Crippen LogP contribution is -2.31. The first-order valence-electron chi connectivity index (χ1n) is 9.50. The average molecular weight is 360 g/mol. The maximum Gasteiger partial charge on any atom is 0.196 e. The fourth-order valence-electron chi connectivity index (χ4n) is 3.77. The number of ketones is 1. The van der Waals surface area contributed by atoms with Crippen molar-refractivity contribution < 1.29 is 9.53 Å². The van der Waals surface area contributed by atoms with E-state index in [-0.39, 0.29) is 5.78 Å². The third kappa shape index (κ3) is 3.39. The van der Waals surface area contributed by atoms with Crippen molar-refractivity contribution in [3.05, 3.63) is 65.4 Å². The van der Waals surface area contributed by atoms with Gasteiger partial charge in [0.1, 0.15) is 5.75 Å². The minimum Gasteiger partial charge on any atom is -0.497 e. The maximum absolute atomic E-state index is 13.3. The Morgan fingerprint density at radius 1 is 1.04 bits per heavy atom. The van der Waals surface area contributed by atoms with E-state index in [1.807, 2.05) is 49.4 Å². The van der Waals surface area contributed by atoms with Crippen LogP contribution >= 0.6 is 0 Å². The summed E-state index contributed by atoms with van der Waals surface area (Å²) in [5.41, 5.74) is 4.38. The molecule has 4 nitrogen and oxygen atoms in total. The first-order chi connectivity index (χ1) is 13.2. The summed E-state index contributed by atoms with van der Waals surface area (Å²) in [6.07, 6.45) is 5.27. The van der Waals surface area contributed by atoms with Crippen LogP contribution < -0.4 is 9.64 Å². The number of nitrogens with zero attached hydrogens (tertiary/aromatic N) is 2. The van der Waals surface area contributed by atoms with Gasteiger partial charge in [0.25, 0.3) is 0 Å². The van der Waals surface area contributed by atoms with Gasteiger partial charge in [-0.3, -0.25) is 9.78 Å². The van der Waals surface area contributed by atoms with Gasteiger partial charge in [0.2, 0.25) is 0 Å². The van der Waals surface area contributed by atoms with Crippen molar-refractivity contribution in [2.24, 2.45) is 0 Å². The average Bonchev–Trinajstić information content (AvgIpc) is 2.73. The van der Waals surface area contributed by atoms with Gasteiger partial charge in [0.15, 0.2) is 5.78 Å². The maximum atomic E-state index is 13.3. The molecule has 3 aromatic rings. The van der Waals surface area contributed by atoms with Crippen LogP contribution in [0.2, 0.25) is 0 Å². The number of aryl methyl sites for hydroxylation is 1. The fraction of sp³-hybridized carbons (Fsp3) is 0.304. The third-order valence-electron chi connectivity index (χ3n) is 5.28. The highest BCUT2D eigenvalue weighted by molar-refractivity contribution is 6.16. The Kier molecular flexibility index (Phi) is 4.80. The molecule has 0 unspecified atom stereocenters. The molecule has 0 bridgehead atoms. The zero-order valence-electron chi connectivity index (χ0n) is 15.9. The van der Waals surface area contributed by atoms with Crippen LogP contribution in [0.25, 0.3) is 10.9 Å². The van der Waals surface area contributed by atoms with Crippen molar-refractivity contribution in [2.45, 2.75) is 26.2 Å². The molecule has 0 aliphatic carbocycles. The Labute approximate surface area is 159 Å². The third-order valence-corrected chi connectivity index (χ3v) is 5.28. The SMILES string of the molecule is COc1ccc2ncc(C(=O)c3ccc(C)cc3)c(N3CCCCC3)c2c1. The van der Waals surface area contributed by atoms with E-state index in [0.717, 1.165) is 53.8 Å². The lowest BCUT2D eigenvalue weighted by molar-refractivity contribution is 0.103. The highest BCUT2D eigenvalue weighted by Gasteiger charge is 2.23. The number of fused-ring (bicyclic) bond motifs is 1. The molecule has 0 radical (unpaired) electrons. The second-order valence-electron chi connectivity index (χ2n) is 7.15. The lowest BCUT2D eigenvalue weighted by Gasteiger charge is -2.31. The summed E-state index contributed by atoms with van der Waals surface area (Å²) >= 11 is 0. The van der Waals surface area contributed by atoms with Crippen LogP contribution in [0.1, 0.15) is 40.7 Å². The highest BCUT2D eigenvalue weighted by Crippen LogP contribution is 2.35. The number of carbonyl (C=O) groups is 1. The zero-order chi connectivity index (χ0) is 18.8. The van der Waals surface area contributed by atoms with Gasteiger partial charge < -0.3 is 9.64 Å². The van der Waals surface area contributed by atoms with Gasteiger partial charge in [-0.05, 0) is 44.4 Å². The van der Waals surface area contributed by atoms with Crippen LogP contribution in [0.5, 0.6) is 5.75 Å². The molecule has 27 heavy (non-hydrogen) atoms. The number of methoxy groups -OCH3 is 1. The number of carbonyl (C=O) groups excluding carboxylic acids is 1. The summed E-state index contributed by atoms with van der Waals surface area (Å²) in [6, 6.07) is 13.6. The van der Waals surface area contributed by atoms with E-state index >= 15 is 0 Å². The van der Waals surface area contributed by atoms with Crippen LogP contribution in [-0.2, 0) is 0 Å². The molecular weight excluding hydrogens is 336 g/mol. The standard InChI is InChI=1S/C23H24N2O2/c1-16-6-8-17(9-7-16)23(26)20-15-24-21-11-10-18(27-2)14-19(21)22(20)25-12-4-3-5-13-25/h6-11,14-15H,3-5,12-13H2,1-2H3. The van der Waals surface area contributed by atoms with Crippen LogP contribution in [0.15, 0.2) is 48.7 Å². The fourth-order valence-corrected chi connectivity index (χ4v) is 3.77. The van der Waals surface area contributed by atoms with Crippen LogP contribution in [0, 0.1) is 6.92 Å². The Hall–Kier alpha value is -2.88.